The van der Waals surface area contributed by atoms with Crippen LogP contribution in [0.2, 0.25) is 0 Å². The Morgan fingerprint density at radius 3 is 2.42 bits per heavy atom. The summed E-state index contributed by atoms with van der Waals surface area (Å²) in [5.41, 5.74) is 3.43. The van der Waals surface area contributed by atoms with Gasteiger partial charge in [0.2, 0.25) is 0 Å². The fourth-order valence-electron chi connectivity index (χ4n) is 1.87. The van der Waals surface area contributed by atoms with Gasteiger partial charge >= 0.3 is 0 Å². The Morgan fingerprint density at radius 1 is 1.32 bits per heavy atom. The normalized spacial score (nSPS) is 13.7. The van der Waals surface area contributed by atoms with E-state index in [1.54, 1.807) is 0 Å². The lowest BCUT2D eigenvalue weighted by Crippen LogP contribution is -2.42. The largest absolute Gasteiger partial charge is 0.481 e. The Morgan fingerprint density at radius 2 is 1.95 bits per heavy atom. The summed E-state index contributed by atoms with van der Waals surface area (Å²) in [4.78, 5) is 11.6. The monoisotopic (exact) mass is 264 g/mol. The van der Waals surface area contributed by atoms with Gasteiger partial charge in [0.1, 0.15) is 5.75 Å². The predicted molar refractivity (Wildman–Crippen MR) is 76.8 cm³/mol. The number of carbonyl (C=O) groups excluding carboxylic acids is 1. The van der Waals surface area contributed by atoms with Crippen LogP contribution in [0.25, 0.3) is 0 Å². The predicted octanol–water partition coefficient (Wildman–Crippen LogP) is 2.74. The molecule has 0 saturated heterocycles. The van der Waals surface area contributed by atoms with Crippen molar-refractivity contribution in [3.63, 3.8) is 0 Å². The highest BCUT2D eigenvalue weighted by molar-refractivity contribution is 5.80. The van der Waals surface area contributed by atoms with E-state index in [1.807, 2.05) is 31.2 Å². The maximum absolute atomic E-state index is 11.6. The first-order valence-corrected chi connectivity index (χ1v) is 6.89. The number of ether oxygens (including phenoxy) is 1. The van der Waals surface area contributed by atoms with Crippen molar-refractivity contribution in [3.8, 4) is 5.75 Å². The maximum atomic E-state index is 11.6. The maximum Gasteiger partial charge on any atom is 0.274 e. The molecule has 0 aliphatic heterocycles. The molecule has 0 aromatic heterocycles. The highest BCUT2D eigenvalue weighted by Gasteiger charge is 2.18. The molecule has 106 valence electrons. The smallest absolute Gasteiger partial charge is 0.274 e. The van der Waals surface area contributed by atoms with E-state index in [1.165, 1.54) is 5.56 Å². The number of hydrogen-bond donors (Lipinski definition) is 2. The van der Waals surface area contributed by atoms with Crippen LogP contribution in [0.15, 0.2) is 24.3 Å². The second-order valence-corrected chi connectivity index (χ2v) is 4.78. The molecule has 1 amide bonds. The molecule has 0 spiro atoms. The summed E-state index contributed by atoms with van der Waals surface area (Å²) in [7, 11) is 0. The molecule has 4 heteroatoms. The van der Waals surface area contributed by atoms with Crippen molar-refractivity contribution in [3.05, 3.63) is 29.8 Å². The van der Waals surface area contributed by atoms with Gasteiger partial charge in [0.25, 0.3) is 5.91 Å². The summed E-state index contributed by atoms with van der Waals surface area (Å²) >= 11 is 0. The third kappa shape index (κ3) is 4.56. The third-order valence-corrected chi connectivity index (χ3v) is 3.33. The SMILES string of the molecule is CCCC(Oc1ccc(C(C)CC)cc1)C(=O)NN. The Bertz CT molecular complexity index is 390. The Labute approximate surface area is 115 Å². The van der Waals surface area contributed by atoms with E-state index in [-0.39, 0.29) is 5.91 Å². The van der Waals surface area contributed by atoms with Crippen LogP contribution < -0.4 is 16.0 Å². The van der Waals surface area contributed by atoms with Crippen LogP contribution in [0.5, 0.6) is 5.75 Å². The molecule has 4 nitrogen and oxygen atoms in total. The molecule has 19 heavy (non-hydrogen) atoms. The van der Waals surface area contributed by atoms with Crippen LogP contribution >= 0.6 is 0 Å². The summed E-state index contributed by atoms with van der Waals surface area (Å²) in [6, 6.07) is 7.92. The van der Waals surface area contributed by atoms with Crippen molar-refractivity contribution in [1.29, 1.82) is 0 Å². The molecule has 0 radical (unpaired) electrons. The van der Waals surface area contributed by atoms with Crippen molar-refractivity contribution in [2.75, 3.05) is 0 Å². The van der Waals surface area contributed by atoms with E-state index in [9.17, 15) is 4.79 Å². The molecule has 0 aliphatic rings. The minimum absolute atomic E-state index is 0.284. The van der Waals surface area contributed by atoms with Gasteiger partial charge in [-0.15, -0.1) is 0 Å². The van der Waals surface area contributed by atoms with Crippen molar-refractivity contribution in [1.82, 2.24) is 5.43 Å². The van der Waals surface area contributed by atoms with Crippen LogP contribution in [0.3, 0.4) is 0 Å². The molecule has 0 aliphatic carbocycles. The second-order valence-electron chi connectivity index (χ2n) is 4.78. The van der Waals surface area contributed by atoms with Crippen LogP contribution in [-0.2, 0) is 4.79 Å². The quantitative estimate of drug-likeness (QED) is 0.452. The Balaban J connectivity index is 2.72. The van der Waals surface area contributed by atoms with Crippen molar-refractivity contribution < 1.29 is 9.53 Å². The molecule has 1 rings (SSSR count). The van der Waals surface area contributed by atoms with Gasteiger partial charge in [0, 0.05) is 0 Å². The third-order valence-electron chi connectivity index (χ3n) is 3.33. The number of nitrogens with one attached hydrogen (secondary N) is 1. The molecular weight excluding hydrogens is 240 g/mol. The molecule has 3 N–H and O–H groups in total. The zero-order valence-electron chi connectivity index (χ0n) is 12.0. The van der Waals surface area contributed by atoms with Crippen molar-refractivity contribution >= 4 is 5.91 Å². The average molecular weight is 264 g/mol. The average Bonchev–Trinajstić information content (AvgIpc) is 2.46. The number of hydrazine groups is 1. The lowest BCUT2D eigenvalue weighted by atomic mass is 9.99. The zero-order chi connectivity index (χ0) is 14.3. The number of benzene rings is 1. The lowest BCUT2D eigenvalue weighted by molar-refractivity contribution is -0.128. The van der Waals surface area contributed by atoms with Crippen LogP contribution in [0.1, 0.15) is 51.5 Å². The van der Waals surface area contributed by atoms with Gasteiger partial charge < -0.3 is 4.74 Å². The molecule has 0 heterocycles. The van der Waals surface area contributed by atoms with Gasteiger partial charge in [-0.05, 0) is 36.5 Å². The standard InChI is InChI=1S/C15H24N2O2/c1-4-6-14(15(18)17-16)19-13-9-7-12(8-10-13)11(3)5-2/h7-11,14H,4-6,16H2,1-3H3,(H,17,18). The fourth-order valence-corrected chi connectivity index (χ4v) is 1.87. The second kappa shape index (κ2) is 7.79. The molecule has 2 atom stereocenters. The highest BCUT2D eigenvalue weighted by atomic mass is 16.5. The number of hydrogen-bond acceptors (Lipinski definition) is 3. The molecule has 1 aromatic carbocycles. The summed E-state index contributed by atoms with van der Waals surface area (Å²) in [5, 5.41) is 0. The van der Waals surface area contributed by atoms with E-state index in [0.29, 0.717) is 18.1 Å². The molecule has 1 aromatic rings. The first-order chi connectivity index (χ1) is 9.12. The first kappa shape index (κ1) is 15.5. The number of amides is 1. The molecule has 0 bridgehead atoms. The molecule has 2 unspecified atom stereocenters. The summed E-state index contributed by atoms with van der Waals surface area (Å²) in [6.07, 6.45) is 2.09. The van der Waals surface area contributed by atoms with Gasteiger partial charge in [0.05, 0.1) is 0 Å². The number of nitrogens with two attached hydrogens (primary N) is 1. The van der Waals surface area contributed by atoms with E-state index in [4.69, 9.17) is 10.6 Å². The Hall–Kier alpha value is -1.55. The number of rotatable bonds is 7. The van der Waals surface area contributed by atoms with Gasteiger partial charge in [-0.2, -0.15) is 0 Å². The highest BCUT2D eigenvalue weighted by Crippen LogP contribution is 2.22. The van der Waals surface area contributed by atoms with Crippen LogP contribution in [-0.4, -0.2) is 12.0 Å². The van der Waals surface area contributed by atoms with Gasteiger partial charge in [-0.25, -0.2) is 5.84 Å². The van der Waals surface area contributed by atoms with Crippen molar-refractivity contribution in [2.45, 2.75) is 52.1 Å². The molecule has 0 fully saturated rings. The van der Waals surface area contributed by atoms with E-state index in [0.717, 1.165) is 12.8 Å². The summed E-state index contributed by atoms with van der Waals surface area (Å²) < 4.78 is 5.68. The van der Waals surface area contributed by atoms with E-state index >= 15 is 0 Å². The minimum atomic E-state index is -0.524. The Kier molecular flexibility index (Phi) is 6.36. The fraction of sp³-hybridized carbons (Fsp3) is 0.533. The molecule has 0 saturated carbocycles. The minimum Gasteiger partial charge on any atom is -0.481 e. The number of carbonyl (C=O) groups is 1. The molecular formula is C15H24N2O2. The lowest BCUT2D eigenvalue weighted by Gasteiger charge is -2.17. The van der Waals surface area contributed by atoms with E-state index < -0.39 is 6.10 Å². The zero-order valence-corrected chi connectivity index (χ0v) is 12.0. The van der Waals surface area contributed by atoms with Crippen LogP contribution in [0.4, 0.5) is 0 Å². The summed E-state index contributed by atoms with van der Waals surface area (Å²) in [6.45, 7) is 6.36. The van der Waals surface area contributed by atoms with Crippen LogP contribution in [0, 0.1) is 0 Å². The topological polar surface area (TPSA) is 64.3 Å². The van der Waals surface area contributed by atoms with Crippen molar-refractivity contribution in [2.24, 2.45) is 5.84 Å². The first-order valence-electron chi connectivity index (χ1n) is 6.89. The van der Waals surface area contributed by atoms with Gasteiger partial charge in [0.15, 0.2) is 6.10 Å². The van der Waals surface area contributed by atoms with E-state index in [2.05, 4.69) is 19.3 Å². The van der Waals surface area contributed by atoms with Gasteiger partial charge in [-0.3, -0.25) is 10.2 Å². The summed E-state index contributed by atoms with van der Waals surface area (Å²) in [5.74, 6) is 6.11. The van der Waals surface area contributed by atoms with Gasteiger partial charge in [-0.1, -0.05) is 39.3 Å².